The summed E-state index contributed by atoms with van der Waals surface area (Å²) in [6.45, 7) is 1.07. The summed E-state index contributed by atoms with van der Waals surface area (Å²) in [6.07, 6.45) is 3.83. The maximum atomic E-state index is 12.9. The average molecular weight is 476 g/mol. The molecule has 1 fully saturated rings. The first-order valence-corrected chi connectivity index (χ1v) is 12.1. The van der Waals surface area contributed by atoms with Gasteiger partial charge in [0.1, 0.15) is 0 Å². The van der Waals surface area contributed by atoms with Crippen molar-refractivity contribution in [2.45, 2.75) is 30.6 Å². The highest BCUT2D eigenvalue weighted by Gasteiger charge is 2.25. The van der Waals surface area contributed by atoms with E-state index in [0.717, 1.165) is 25.7 Å². The summed E-state index contributed by atoms with van der Waals surface area (Å²) in [5, 5.41) is 5.44. The Labute approximate surface area is 193 Å². The van der Waals surface area contributed by atoms with Crippen LogP contribution in [-0.2, 0) is 14.8 Å². The number of hydrogen-bond acceptors (Lipinski definition) is 6. The monoisotopic (exact) mass is 475 g/mol. The number of rotatable bonds is 5. The third kappa shape index (κ3) is 5.90. The van der Waals surface area contributed by atoms with Crippen LogP contribution in [0.3, 0.4) is 0 Å². The molecule has 0 aromatic heterocycles. The molecule has 10 heteroatoms. The van der Waals surface area contributed by atoms with Crippen LogP contribution in [0.4, 0.5) is 5.69 Å². The van der Waals surface area contributed by atoms with Gasteiger partial charge in [0.25, 0.3) is 5.91 Å². The Kier molecular flexibility index (Phi) is 7.94. The summed E-state index contributed by atoms with van der Waals surface area (Å²) >= 11 is 5.18. The zero-order valence-corrected chi connectivity index (χ0v) is 19.3. The Hall–Kier alpha value is -2.82. The fraction of sp³-hybridized carbons (Fsp3) is 0.318. The second-order valence-electron chi connectivity index (χ2n) is 7.32. The molecule has 1 heterocycles. The quantitative estimate of drug-likeness (QED) is 0.506. The van der Waals surface area contributed by atoms with E-state index in [1.807, 2.05) is 0 Å². The van der Waals surface area contributed by atoms with Crippen LogP contribution < -0.4 is 10.6 Å². The van der Waals surface area contributed by atoms with Gasteiger partial charge in [0.15, 0.2) is 5.11 Å². The number of nitrogens with zero attached hydrogens (tertiary/aromatic N) is 1. The summed E-state index contributed by atoms with van der Waals surface area (Å²) in [4.78, 5) is 24.3. The maximum Gasteiger partial charge on any atom is 0.337 e. The molecule has 8 nitrogen and oxygen atoms in total. The van der Waals surface area contributed by atoms with E-state index < -0.39 is 21.9 Å². The Bertz CT molecular complexity index is 1090. The fourth-order valence-electron chi connectivity index (χ4n) is 3.38. The van der Waals surface area contributed by atoms with Gasteiger partial charge in [-0.2, -0.15) is 4.31 Å². The van der Waals surface area contributed by atoms with Crippen LogP contribution in [0.1, 0.15) is 46.4 Å². The van der Waals surface area contributed by atoms with E-state index in [1.165, 1.54) is 29.6 Å². The van der Waals surface area contributed by atoms with Gasteiger partial charge in [0.05, 0.1) is 17.6 Å². The molecule has 2 N–H and O–H groups in total. The topological polar surface area (TPSA) is 105 Å². The predicted molar refractivity (Wildman–Crippen MR) is 125 cm³/mol. The summed E-state index contributed by atoms with van der Waals surface area (Å²) in [5.41, 5.74) is 1.03. The number of nitrogens with one attached hydrogen (secondary N) is 2. The van der Waals surface area contributed by atoms with Crippen molar-refractivity contribution < 1.29 is 22.7 Å². The first-order chi connectivity index (χ1) is 15.3. The predicted octanol–water partition coefficient (Wildman–Crippen LogP) is 3.16. The third-order valence-corrected chi connectivity index (χ3v) is 7.20. The number of carbonyl (C=O) groups excluding carboxylic acids is 2. The van der Waals surface area contributed by atoms with Gasteiger partial charge in [-0.15, -0.1) is 0 Å². The normalized spacial score (nSPS) is 14.8. The van der Waals surface area contributed by atoms with E-state index >= 15 is 0 Å². The smallest absolute Gasteiger partial charge is 0.337 e. The Morgan fingerprint density at radius 2 is 1.59 bits per heavy atom. The van der Waals surface area contributed by atoms with E-state index in [9.17, 15) is 18.0 Å². The molecule has 1 amide bonds. The molecule has 2 aromatic carbocycles. The molecule has 0 atom stereocenters. The number of esters is 1. The number of thiocarbonyl (C=S) groups is 1. The van der Waals surface area contributed by atoms with Crippen molar-refractivity contribution in [3.8, 4) is 0 Å². The molecule has 0 aliphatic carbocycles. The highest BCUT2D eigenvalue weighted by Crippen LogP contribution is 2.21. The number of amides is 1. The second kappa shape index (κ2) is 10.7. The molecular formula is C22H25N3O5S2. The second-order valence-corrected chi connectivity index (χ2v) is 9.67. The zero-order valence-electron chi connectivity index (χ0n) is 17.7. The van der Waals surface area contributed by atoms with Gasteiger partial charge in [0.2, 0.25) is 10.0 Å². The number of ether oxygens (including phenoxy) is 1. The number of carbonyl (C=O) groups is 2. The largest absolute Gasteiger partial charge is 0.465 e. The van der Waals surface area contributed by atoms with Crippen molar-refractivity contribution in [1.82, 2.24) is 9.62 Å². The van der Waals surface area contributed by atoms with Crippen molar-refractivity contribution in [3.05, 3.63) is 59.7 Å². The van der Waals surface area contributed by atoms with Gasteiger partial charge in [-0.05, 0) is 67.5 Å². The van der Waals surface area contributed by atoms with Gasteiger partial charge in [-0.25, -0.2) is 13.2 Å². The highest BCUT2D eigenvalue weighted by atomic mass is 32.2. The Balaban J connectivity index is 1.62. The molecule has 1 aliphatic heterocycles. The molecule has 32 heavy (non-hydrogen) atoms. The molecule has 1 aliphatic rings. The average Bonchev–Trinajstić information content (AvgIpc) is 3.09. The molecule has 0 saturated carbocycles. The van der Waals surface area contributed by atoms with Gasteiger partial charge < -0.3 is 10.1 Å². The molecule has 1 saturated heterocycles. The molecule has 0 unspecified atom stereocenters. The van der Waals surface area contributed by atoms with Gasteiger partial charge >= 0.3 is 5.97 Å². The first-order valence-electron chi connectivity index (χ1n) is 10.2. The van der Waals surface area contributed by atoms with E-state index in [2.05, 4.69) is 15.4 Å². The standard InChI is InChI=1S/C22H25N3O5S2/c1-30-21(27)17-8-6-7-16(15-17)20(26)24-22(31)23-18-9-11-19(12-10-18)32(28,29)25-13-4-2-3-5-14-25/h6-12,15H,2-5,13-14H2,1H3,(H2,23,24,26,31). The molecule has 170 valence electrons. The van der Waals surface area contributed by atoms with Crippen molar-refractivity contribution in [2.75, 3.05) is 25.5 Å². The Morgan fingerprint density at radius 3 is 2.22 bits per heavy atom. The van der Waals surface area contributed by atoms with E-state index in [-0.39, 0.29) is 21.1 Å². The lowest BCUT2D eigenvalue weighted by molar-refractivity contribution is 0.0600. The minimum Gasteiger partial charge on any atom is -0.465 e. The lowest BCUT2D eigenvalue weighted by Gasteiger charge is -2.20. The van der Waals surface area contributed by atoms with Crippen LogP contribution in [0, 0.1) is 0 Å². The van der Waals surface area contributed by atoms with Gasteiger partial charge in [-0.3, -0.25) is 10.1 Å². The zero-order chi connectivity index (χ0) is 23.1. The molecule has 0 spiro atoms. The van der Waals surface area contributed by atoms with Crippen LogP contribution in [0.2, 0.25) is 0 Å². The molecular weight excluding hydrogens is 450 g/mol. The van der Waals surface area contributed by atoms with Crippen LogP contribution in [0.5, 0.6) is 0 Å². The van der Waals surface area contributed by atoms with Gasteiger partial charge in [-0.1, -0.05) is 18.9 Å². The summed E-state index contributed by atoms with van der Waals surface area (Å²) in [6, 6.07) is 12.3. The number of hydrogen-bond donors (Lipinski definition) is 2. The number of anilines is 1. The number of sulfonamides is 1. The van der Waals surface area contributed by atoms with Crippen molar-refractivity contribution in [1.29, 1.82) is 0 Å². The first kappa shape index (κ1) is 23.8. The fourth-order valence-corrected chi connectivity index (χ4v) is 5.11. The molecule has 0 radical (unpaired) electrons. The summed E-state index contributed by atoms with van der Waals surface area (Å²) in [5.74, 6) is -1.04. The van der Waals surface area contributed by atoms with Crippen LogP contribution >= 0.6 is 12.2 Å². The lowest BCUT2D eigenvalue weighted by Crippen LogP contribution is -2.34. The van der Waals surface area contributed by atoms with Crippen molar-refractivity contribution >= 4 is 44.9 Å². The van der Waals surface area contributed by atoms with E-state index in [0.29, 0.717) is 18.8 Å². The minimum atomic E-state index is -3.53. The van der Waals surface area contributed by atoms with Crippen LogP contribution in [0.15, 0.2) is 53.4 Å². The summed E-state index contributed by atoms with van der Waals surface area (Å²) in [7, 11) is -2.27. The maximum absolute atomic E-state index is 12.9. The van der Waals surface area contributed by atoms with Crippen molar-refractivity contribution in [3.63, 3.8) is 0 Å². The van der Waals surface area contributed by atoms with Crippen molar-refractivity contribution in [2.24, 2.45) is 0 Å². The van der Waals surface area contributed by atoms with E-state index in [4.69, 9.17) is 12.2 Å². The Morgan fingerprint density at radius 1 is 0.969 bits per heavy atom. The summed E-state index contributed by atoms with van der Waals surface area (Å²) < 4.78 is 31.9. The molecule has 0 bridgehead atoms. The number of methoxy groups -OCH3 is 1. The SMILES string of the molecule is COC(=O)c1cccc(C(=O)NC(=S)Nc2ccc(S(=O)(=O)N3CCCCCC3)cc2)c1. The van der Waals surface area contributed by atoms with Gasteiger partial charge in [0, 0.05) is 24.3 Å². The number of benzene rings is 2. The van der Waals surface area contributed by atoms with Crippen LogP contribution in [0.25, 0.3) is 0 Å². The molecule has 2 aromatic rings. The lowest BCUT2D eigenvalue weighted by atomic mass is 10.1. The third-order valence-electron chi connectivity index (χ3n) is 5.09. The van der Waals surface area contributed by atoms with Crippen LogP contribution in [-0.4, -0.2) is 49.9 Å². The molecule has 3 rings (SSSR count). The highest BCUT2D eigenvalue weighted by molar-refractivity contribution is 7.89. The van der Waals surface area contributed by atoms with E-state index in [1.54, 1.807) is 30.3 Å². The minimum absolute atomic E-state index is 0.0431.